The van der Waals surface area contributed by atoms with Crippen molar-refractivity contribution in [3.05, 3.63) is 0 Å². The molecule has 5 N–H and O–H groups in total. The molecule has 1 amide bonds. The van der Waals surface area contributed by atoms with Gasteiger partial charge in [0.05, 0.1) is 0 Å². The minimum Gasteiger partial charge on any atom is -0.427 e. The van der Waals surface area contributed by atoms with Gasteiger partial charge in [0, 0.05) is 19.0 Å². The molecule has 0 aromatic rings. The number of hydrogen-bond acceptors (Lipinski definition) is 5. The van der Waals surface area contributed by atoms with Gasteiger partial charge < -0.3 is 26.0 Å². The maximum atomic E-state index is 13.5. The molecule has 0 spiro atoms. The van der Waals surface area contributed by atoms with Crippen molar-refractivity contribution in [2.75, 3.05) is 32.7 Å². The third-order valence-electron chi connectivity index (χ3n) is 8.77. The molecule has 29 heavy (non-hydrogen) atoms. The number of nitrogens with zero attached hydrogens (tertiary/aromatic N) is 1. The number of rotatable bonds is 4. The van der Waals surface area contributed by atoms with Gasteiger partial charge in [-0.15, -0.1) is 0 Å². The molecule has 2 saturated heterocycles. The molecule has 4 aliphatic rings. The Morgan fingerprint density at radius 1 is 1.00 bits per heavy atom. The van der Waals surface area contributed by atoms with Crippen molar-refractivity contribution in [2.45, 2.75) is 63.6 Å². The Kier molecular flexibility index (Phi) is 7.20. The van der Waals surface area contributed by atoms with Gasteiger partial charge >= 0.3 is 7.12 Å². The van der Waals surface area contributed by atoms with Gasteiger partial charge in [0.1, 0.15) is 0 Å². The zero-order valence-electron chi connectivity index (χ0n) is 17.8. The molecule has 0 aromatic heterocycles. The van der Waals surface area contributed by atoms with Crippen LogP contribution in [0, 0.1) is 35.5 Å². The molecule has 0 aromatic carbocycles. The Labute approximate surface area is 176 Å². The van der Waals surface area contributed by atoms with E-state index in [4.69, 9.17) is 5.73 Å². The molecule has 164 valence electrons. The van der Waals surface area contributed by atoms with E-state index in [2.05, 4.69) is 10.2 Å². The first-order chi connectivity index (χ1) is 14.1. The smallest absolute Gasteiger partial charge is 0.427 e. The second kappa shape index (κ2) is 9.67. The summed E-state index contributed by atoms with van der Waals surface area (Å²) < 4.78 is 0. The van der Waals surface area contributed by atoms with Crippen molar-refractivity contribution in [2.24, 2.45) is 41.2 Å². The highest BCUT2D eigenvalue weighted by Gasteiger charge is 2.46. The van der Waals surface area contributed by atoms with Crippen LogP contribution in [0.5, 0.6) is 0 Å². The van der Waals surface area contributed by atoms with Crippen LogP contribution in [0.15, 0.2) is 0 Å². The first-order valence-electron chi connectivity index (χ1n) is 12.1. The molecule has 6 atom stereocenters. The summed E-state index contributed by atoms with van der Waals surface area (Å²) in [4.78, 5) is 15.6. The van der Waals surface area contributed by atoms with E-state index in [1.807, 2.05) is 0 Å². The van der Waals surface area contributed by atoms with Crippen molar-refractivity contribution in [3.63, 3.8) is 0 Å². The molecule has 6 unspecified atom stereocenters. The molecule has 4 rings (SSSR count). The summed E-state index contributed by atoms with van der Waals surface area (Å²) in [6, 6.07) is 0. The number of hydrogen-bond donors (Lipinski definition) is 4. The fourth-order valence-corrected chi connectivity index (χ4v) is 7.01. The van der Waals surface area contributed by atoms with Crippen LogP contribution >= 0.6 is 0 Å². The molecule has 4 fully saturated rings. The van der Waals surface area contributed by atoms with Crippen molar-refractivity contribution in [1.29, 1.82) is 0 Å². The summed E-state index contributed by atoms with van der Waals surface area (Å²) >= 11 is 0. The van der Waals surface area contributed by atoms with Crippen molar-refractivity contribution in [1.82, 2.24) is 10.2 Å². The fourth-order valence-electron chi connectivity index (χ4n) is 7.01. The average molecular weight is 405 g/mol. The summed E-state index contributed by atoms with van der Waals surface area (Å²) in [6.45, 7) is 4.45. The van der Waals surface area contributed by atoms with Crippen LogP contribution < -0.4 is 11.1 Å². The zero-order valence-corrected chi connectivity index (χ0v) is 17.8. The second-order valence-corrected chi connectivity index (χ2v) is 10.4. The largest absolute Gasteiger partial charge is 0.454 e. The van der Waals surface area contributed by atoms with Gasteiger partial charge in [-0.25, -0.2) is 0 Å². The van der Waals surface area contributed by atoms with E-state index < -0.39 is 7.12 Å². The molecule has 7 heteroatoms. The minimum atomic E-state index is -1.30. The lowest BCUT2D eigenvalue weighted by atomic mass is 9.55. The number of likely N-dealkylation sites (tertiary alicyclic amines) is 1. The van der Waals surface area contributed by atoms with E-state index in [1.165, 1.54) is 25.7 Å². The van der Waals surface area contributed by atoms with Crippen LogP contribution in [-0.2, 0) is 4.79 Å². The molecule has 6 nitrogen and oxygen atoms in total. The van der Waals surface area contributed by atoms with Crippen molar-refractivity contribution < 1.29 is 14.8 Å². The van der Waals surface area contributed by atoms with E-state index in [-0.39, 0.29) is 17.6 Å². The predicted octanol–water partition coefficient (Wildman–Crippen LogP) is 1.47. The van der Waals surface area contributed by atoms with Gasteiger partial charge in [-0.05, 0) is 100.0 Å². The monoisotopic (exact) mass is 405 g/mol. The van der Waals surface area contributed by atoms with Gasteiger partial charge in [-0.3, -0.25) is 4.79 Å². The maximum absolute atomic E-state index is 13.5. The van der Waals surface area contributed by atoms with E-state index in [9.17, 15) is 14.8 Å². The molecule has 2 aliphatic carbocycles. The quantitative estimate of drug-likeness (QED) is 0.531. The van der Waals surface area contributed by atoms with Crippen molar-refractivity contribution >= 4 is 13.0 Å². The number of amides is 1. The standard InChI is InChI=1S/C22H40BN3O3/c24-13-15-2-1-3-17(10-15)16-5-8-26(9-6-16)22(27)20-12-19(23(28)29)11-18-4-7-25-14-21(18)20/h15-21,25,28-29H,1-14,24H2. The second-order valence-electron chi connectivity index (χ2n) is 10.4. The Hall–Kier alpha value is -0.625. The Morgan fingerprint density at radius 3 is 2.52 bits per heavy atom. The van der Waals surface area contributed by atoms with Crippen LogP contribution in [0.25, 0.3) is 0 Å². The number of carbonyl (C=O) groups is 1. The highest BCUT2D eigenvalue weighted by atomic mass is 16.4. The van der Waals surface area contributed by atoms with Crippen molar-refractivity contribution in [3.8, 4) is 0 Å². The number of piperidine rings is 2. The summed E-state index contributed by atoms with van der Waals surface area (Å²) in [5.74, 6) is 3.11. The number of nitrogens with one attached hydrogen (secondary N) is 1. The average Bonchev–Trinajstić information content (AvgIpc) is 2.78. The molecule has 0 radical (unpaired) electrons. The molecule has 2 aliphatic heterocycles. The SMILES string of the molecule is NCC1CCCC(C2CCN(C(=O)C3CC(B(O)O)CC4CCNCC43)CC2)C1. The zero-order chi connectivity index (χ0) is 20.4. The number of nitrogens with two attached hydrogens (primary N) is 1. The lowest BCUT2D eigenvalue weighted by Crippen LogP contribution is -2.52. The summed E-state index contributed by atoms with van der Waals surface area (Å²) in [5, 5.41) is 23.1. The Morgan fingerprint density at radius 2 is 1.79 bits per heavy atom. The Bertz CT molecular complexity index is 555. The van der Waals surface area contributed by atoms with Crippen LogP contribution in [0.4, 0.5) is 0 Å². The van der Waals surface area contributed by atoms with Crippen LogP contribution in [0.3, 0.4) is 0 Å². The van der Waals surface area contributed by atoms with Crippen LogP contribution in [-0.4, -0.2) is 60.7 Å². The van der Waals surface area contributed by atoms with Crippen LogP contribution in [0.1, 0.15) is 57.8 Å². The van der Waals surface area contributed by atoms with E-state index >= 15 is 0 Å². The Balaban J connectivity index is 1.35. The highest BCUT2D eigenvalue weighted by Crippen LogP contribution is 2.45. The summed E-state index contributed by atoms with van der Waals surface area (Å²) in [6.07, 6.45) is 9.99. The molecule has 0 bridgehead atoms. The lowest BCUT2D eigenvalue weighted by Gasteiger charge is -2.46. The summed E-state index contributed by atoms with van der Waals surface area (Å²) in [7, 11) is -1.30. The van der Waals surface area contributed by atoms with Gasteiger partial charge in [-0.2, -0.15) is 0 Å². The number of carbonyl (C=O) groups excluding carboxylic acids is 1. The maximum Gasteiger partial charge on any atom is 0.454 e. The highest BCUT2D eigenvalue weighted by molar-refractivity contribution is 6.43. The lowest BCUT2D eigenvalue weighted by molar-refractivity contribution is -0.142. The molecular formula is C22H40BN3O3. The number of fused-ring (bicyclic) bond motifs is 1. The van der Waals surface area contributed by atoms with E-state index in [1.54, 1.807) is 0 Å². The normalized spacial score (nSPS) is 39.1. The molecule has 2 heterocycles. The van der Waals surface area contributed by atoms with Crippen LogP contribution in [0.2, 0.25) is 5.82 Å². The topological polar surface area (TPSA) is 98.8 Å². The minimum absolute atomic E-state index is 0.0544. The van der Waals surface area contributed by atoms with Gasteiger partial charge in [0.2, 0.25) is 5.91 Å². The van der Waals surface area contributed by atoms with E-state index in [0.717, 1.165) is 70.2 Å². The van der Waals surface area contributed by atoms with Gasteiger partial charge in [0.15, 0.2) is 0 Å². The molecular weight excluding hydrogens is 365 g/mol. The summed E-state index contributed by atoms with van der Waals surface area (Å²) in [5.41, 5.74) is 5.93. The molecule has 2 saturated carbocycles. The first kappa shape index (κ1) is 21.6. The third-order valence-corrected chi connectivity index (χ3v) is 8.77. The fraction of sp³-hybridized carbons (Fsp3) is 0.955. The van der Waals surface area contributed by atoms with Gasteiger partial charge in [-0.1, -0.05) is 12.8 Å². The van der Waals surface area contributed by atoms with Gasteiger partial charge in [0.25, 0.3) is 0 Å². The van der Waals surface area contributed by atoms with E-state index in [0.29, 0.717) is 24.2 Å². The first-order valence-corrected chi connectivity index (χ1v) is 12.1. The predicted molar refractivity (Wildman–Crippen MR) is 115 cm³/mol. The third kappa shape index (κ3) is 4.84.